The molecule has 3 aromatic rings. The van der Waals surface area contributed by atoms with Gasteiger partial charge < -0.3 is 15.0 Å². The van der Waals surface area contributed by atoms with Crippen LogP contribution in [-0.4, -0.2) is 27.0 Å². The number of ether oxygens (including phenoxy) is 1. The number of fused-ring (bicyclic) bond motifs is 1. The first kappa shape index (κ1) is 14.8. The molecule has 0 aliphatic rings. The van der Waals surface area contributed by atoms with Crippen molar-refractivity contribution in [2.75, 3.05) is 5.32 Å². The van der Waals surface area contributed by atoms with E-state index in [0.29, 0.717) is 22.7 Å². The van der Waals surface area contributed by atoms with Gasteiger partial charge in [-0.05, 0) is 30.3 Å². The second-order valence-electron chi connectivity index (χ2n) is 4.50. The van der Waals surface area contributed by atoms with E-state index in [1.54, 1.807) is 17.6 Å². The average Bonchev–Trinajstić information content (AvgIpc) is 2.98. The number of hydrogen-bond acceptors (Lipinski definition) is 4. The topological polar surface area (TPSA) is 79.9 Å². The third kappa shape index (κ3) is 3.23. The van der Waals surface area contributed by atoms with Crippen LogP contribution in [-0.2, 0) is 4.79 Å². The summed E-state index contributed by atoms with van der Waals surface area (Å²) in [5, 5.41) is 2.42. The molecule has 0 aliphatic carbocycles. The quantitative estimate of drug-likeness (QED) is 0.776. The highest BCUT2D eigenvalue weighted by Gasteiger charge is 2.38. The van der Waals surface area contributed by atoms with E-state index >= 15 is 0 Å². The number of amides is 1. The molecule has 0 saturated carbocycles. The first-order valence-corrected chi connectivity index (χ1v) is 6.37. The summed E-state index contributed by atoms with van der Waals surface area (Å²) < 4.78 is 42.1. The van der Waals surface area contributed by atoms with Crippen molar-refractivity contribution >= 4 is 22.6 Å². The Balaban J connectivity index is 1.75. The summed E-state index contributed by atoms with van der Waals surface area (Å²) in [4.78, 5) is 21.8. The summed E-state index contributed by atoms with van der Waals surface area (Å²) in [6.45, 7) is 0. The van der Waals surface area contributed by atoms with Crippen LogP contribution in [0.1, 0.15) is 0 Å². The van der Waals surface area contributed by atoms with Gasteiger partial charge >= 0.3 is 12.1 Å². The molecule has 6 nitrogen and oxygen atoms in total. The normalized spacial score (nSPS) is 11.4. The average molecular weight is 322 g/mol. The molecule has 9 heteroatoms. The number of hydrogen-bond donors (Lipinski definition) is 2. The van der Waals surface area contributed by atoms with Gasteiger partial charge in [-0.1, -0.05) is 0 Å². The molecule has 0 spiro atoms. The SMILES string of the molecule is O=C(Nc1ccc(Oc2ncnc3[nH]ccc23)cc1)C(F)(F)F. The highest BCUT2D eigenvalue weighted by molar-refractivity contribution is 5.94. The van der Waals surface area contributed by atoms with Crippen LogP contribution in [0.2, 0.25) is 0 Å². The van der Waals surface area contributed by atoms with Gasteiger partial charge in [0.2, 0.25) is 5.88 Å². The van der Waals surface area contributed by atoms with Gasteiger partial charge in [0.15, 0.2) is 0 Å². The van der Waals surface area contributed by atoms with Gasteiger partial charge in [-0.2, -0.15) is 13.2 Å². The fourth-order valence-electron chi connectivity index (χ4n) is 1.85. The van der Waals surface area contributed by atoms with Gasteiger partial charge in [-0.25, -0.2) is 9.97 Å². The van der Waals surface area contributed by atoms with Gasteiger partial charge in [0.25, 0.3) is 0 Å². The van der Waals surface area contributed by atoms with E-state index < -0.39 is 12.1 Å². The van der Waals surface area contributed by atoms with Crippen LogP contribution < -0.4 is 10.1 Å². The Morgan fingerprint density at radius 3 is 2.57 bits per heavy atom. The van der Waals surface area contributed by atoms with Crippen LogP contribution >= 0.6 is 0 Å². The summed E-state index contributed by atoms with van der Waals surface area (Å²) in [5.41, 5.74) is 0.609. The maximum atomic E-state index is 12.2. The highest BCUT2D eigenvalue weighted by atomic mass is 19.4. The molecule has 118 valence electrons. The maximum Gasteiger partial charge on any atom is 0.471 e. The van der Waals surface area contributed by atoms with E-state index in [1.165, 1.54) is 30.6 Å². The molecule has 0 bridgehead atoms. The van der Waals surface area contributed by atoms with Crippen LogP contribution in [0.3, 0.4) is 0 Å². The van der Waals surface area contributed by atoms with Crippen molar-refractivity contribution in [3.05, 3.63) is 42.9 Å². The number of alkyl halides is 3. The molecule has 2 aromatic heterocycles. The second kappa shape index (κ2) is 5.59. The van der Waals surface area contributed by atoms with E-state index in [4.69, 9.17) is 4.74 Å². The first-order chi connectivity index (χ1) is 10.9. The van der Waals surface area contributed by atoms with Gasteiger partial charge in [-0.15, -0.1) is 0 Å². The van der Waals surface area contributed by atoms with Gasteiger partial charge in [0.1, 0.15) is 17.7 Å². The van der Waals surface area contributed by atoms with Crippen molar-refractivity contribution in [1.82, 2.24) is 15.0 Å². The summed E-state index contributed by atoms with van der Waals surface area (Å²) in [6.07, 6.45) is -1.93. The number of benzene rings is 1. The lowest BCUT2D eigenvalue weighted by molar-refractivity contribution is -0.167. The summed E-state index contributed by atoms with van der Waals surface area (Å²) in [5.74, 6) is -1.37. The number of anilines is 1. The maximum absolute atomic E-state index is 12.2. The zero-order chi connectivity index (χ0) is 16.4. The number of H-pyrrole nitrogens is 1. The lowest BCUT2D eigenvalue weighted by Crippen LogP contribution is -2.29. The zero-order valence-corrected chi connectivity index (χ0v) is 11.4. The minimum Gasteiger partial charge on any atom is -0.438 e. The number of carbonyl (C=O) groups is 1. The third-order valence-electron chi connectivity index (χ3n) is 2.90. The van der Waals surface area contributed by atoms with Crippen molar-refractivity contribution < 1.29 is 22.7 Å². The minimum atomic E-state index is -4.93. The molecule has 0 atom stereocenters. The van der Waals surface area contributed by atoms with Crippen LogP contribution in [0.25, 0.3) is 11.0 Å². The smallest absolute Gasteiger partial charge is 0.438 e. The summed E-state index contributed by atoms with van der Waals surface area (Å²) in [7, 11) is 0. The second-order valence-corrected chi connectivity index (χ2v) is 4.50. The fraction of sp³-hybridized carbons (Fsp3) is 0.0714. The Bertz CT molecular complexity index is 843. The van der Waals surface area contributed by atoms with Gasteiger partial charge in [0, 0.05) is 11.9 Å². The molecular weight excluding hydrogens is 313 g/mol. The molecule has 23 heavy (non-hydrogen) atoms. The van der Waals surface area contributed by atoms with Gasteiger partial charge in [0.05, 0.1) is 5.39 Å². The van der Waals surface area contributed by atoms with E-state index in [9.17, 15) is 18.0 Å². The predicted octanol–water partition coefficient (Wildman–Crippen LogP) is 3.25. The molecule has 1 aromatic carbocycles. The lowest BCUT2D eigenvalue weighted by atomic mass is 10.3. The number of halogens is 3. The van der Waals surface area contributed by atoms with E-state index in [1.807, 2.05) is 0 Å². The van der Waals surface area contributed by atoms with Crippen LogP contribution in [0, 0.1) is 0 Å². The number of nitrogens with zero attached hydrogens (tertiary/aromatic N) is 2. The van der Waals surface area contributed by atoms with Crippen molar-refractivity contribution in [3.63, 3.8) is 0 Å². The predicted molar refractivity (Wildman–Crippen MR) is 75.1 cm³/mol. The number of carbonyl (C=O) groups excluding carboxylic acids is 1. The lowest BCUT2D eigenvalue weighted by Gasteiger charge is -2.09. The monoisotopic (exact) mass is 322 g/mol. The Kier molecular flexibility index (Phi) is 3.61. The molecule has 3 rings (SSSR count). The molecule has 1 amide bonds. The van der Waals surface area contributed by atoms with Crippen molar-refractivity contribution in [2.24, 2.45) is 0 Å². The molecule has 0 saturated heterocycles. The number of rotatable bonds is 3. The Labute approximate surface area is 127 Å². The summed E-state index contributed by atoms with van der Waals surface area (Å²) in [6, 6.07) is 7.19. The minimum absolute atomic E-state index is 0.00848. The third-order valence-corrected chi connectivity index (χ3v) is 2.90. The van der Waals surface area contributed by atoms with E-state index in [2.05, 4.69) is 15.0 Å². The Morgan fingerprint density at radius 2 is 1.87 bits per heavy atom. The van der Waals surface area contributed by atoms with E-state index in [-0.39, 0.29) is 5.69 Å². The molecule has 2 N–H and O–H groups in total. The largest absolute Gasteiger partial charge is 0.471 e. The van der Waals surface area contributed by atoms with Crippen molar-refractivity contribution in [2.45, 2.75) is 6.18 Å². The molecule has 0 fully saturated rings. The molecule has 2 heterocycles. The van der Waals surface area contributed by atoms with E-state index in [0.717, 1.165) is 0 Å². The fourth-order valence-corrected chi connectivity index (χ4v) is 1.85. The number of aromatic amines is 1. The Morgan fingerprint density at radius 1 is 1.13 bits per heavy atom. The Hall–Kier alpha value is -3.10. The zero-order valence-electron chi connectivity index (χ0n) is 11.4. The molecule has 0 radical (unpaired) electrons. The molecule has 0 unspecified atom stereocenters. The summed E-state index contributed by atoms with van der Waals surface area (Å²) >= 11 is 0. The number of aromatic nitrogens is 3. The molecular formula is C14H9F3N4O2. The standard InChI is InChI=1S/C14H9F3N4O2/c15-14(16,17)13(22)21-8-1-3-9(4-2-8)23-12-10-5-6-18-11(10)19-7-20-12/h1-7H,(H,21,22)(H,18,19,20). The van der Waals surface area contributed by atoms with Crippen LogP contribution in [0.15, 0.2) is 42.9 Å². The van der Waals surface area contributed by atoms with Crippen LogP contribution in [0.4, 0.5) is 18.9 Å². The van der Waals surface area contributed by atoms with Crippen molar-refractivity contribution in [3.8, 4) is 11.6 Å². The highest BCUT2D eigenvalue weighted by Crippen LogP contribution is 2.27. The van der Waals surface area contributed by atoms with Crippen molar-refractivity contribution in [1.29, 1.82) is 0 Å². The number of nitrogens with one attached hydrogen (secondary N) is 2. The first-order valence-electron chi connectivity index (χ1n) is 6.37. The van der Waals surface area contributed by atoms with Gasteiger partial charge in [-0.3, -0.25) is 4.79 Å². The van der Waals surface area contributed by atoms with Crippen LogP contribution in [0.5, 0.6) is 11.6 Å². The molecule has 0 aliphatic heterocycles.